The Morgan fingerprint density at radius 1 is 0.833 bits per heavy atom. The molecule has 1 heterocycles. The van der Waals surface area contributed by atoms with Crippen LogP contribution >= 0.6 is 0 Å². The molecule has 0 saturated heterocycles. The van der Waals surface area contributed by atoms with Crippen molar-refractivity contribution in [3.05, 3.63) is 71.1 Å². The third kappa shape index (κ3) is 7.85. The highest BCUT2D eigenvalue weighted by atomic mass is 19.4. The molecule has 0 fully saturated rings. The second kappa shape index (κ2) is 11.8. The molecular formula is C23H17B3F8N2O6. The zero-order valence-electron chi connectivity index (χ0n) is 22.0. The maximum atomic E-state index is 15.2. The van der Waals surface area contributed by atoms with E-state index in [1.54, 1.807) is 0 Å². The van der Waals surface area contributed by atoms with Crippen LogP contribution in [0, 0.1) is 11.6 Å². The largest absolute Gasteiger partial charge is 0.573 e. The summed E-state index contributed by atoms with van der Waals surface area (Å²) in [5.74, 6) is -10.0. The SMILES string of the molecule is BC(B)(B)Oc1c(Oc2ccc(C(F)(F)F)c(F)c2C(=O)Nc2ccc(C(=O)OC)nc2)ccc(OC(F)(F)F)c1F. The molecule has 19 heteroatoms. The van der Waals surface area contributed by atoms with Gasteiger partial charge in [0.2, 0.25) is 5.82 Å². The molecule has 1 amide bonds. The molecule has 0 saturated carbocycles. The molecule has 0 unspecified atom stereocenters. The number of halogens is 8. The van der Waals surface area contributed by atoms with Gasteiger partial charge in [-0.25, -0.2) is 14.2 Å². The lowest BCUT2D eigenvalue weighted by Crippen LogP contribution is -2.38. The van der Waals surface area contributed by atoms with Gasteiger partial charge in [-0.1, -0.05) is 0 Å². The van der Waals surface area contributed by atoms with Gasteiger partial charge in [0.05, 0.1) is 24.6 Å². The number of anilines is 1. The van der Waals surface area contributed by atoms with Crippen LogP contribution in [-0.2, 0) is 10.9 Å². The Balaban J connectivity index is 2.12. The van der Waals surface area contributed by atoms with Crippen molar-refractivity contribution >= 4 is 41.1 Å². The van der Waals surface area contributed by atoms with Crippen molar-refractivity contribution in [2.24, 2.45) is 0 Å². The summed E-state index contributed by atoms with van der Waals surface area (Å²) in [7, 11) is 5.26. The Hall–Kier alpha value is -4.44. The van der Waals surface area contributed by atoms with Crippen molar-refractivity contribution in [3.63, 3.8) is 0 Å². The van der Waals surface area contributed by atoms with Crippen LogP contribution in [0.3, 0.4) is 0 Å². The minimum Gasteiger partial charge on any atom is -0.508 e. The second-order valence-corrected chi connectivity index (χ2v) is 9.25. The van der Waals surface area contributed by atoms with Gasteiger partial charge >= 0.3 is 18.5 Å². The van der Waals surface area contributed by atoms with Gasteiger partial charge in [-0.05, 0) is 36.4 Å². The number of carbonyl (C=O) groups excluding carboxylic acids is 2. The van der Waals surface area contributed by atoms with Crippen molar-refractivity contribution in [2.45, 2.75) is 17.8 Å². The lowest BCUT2D eigenvalue weighted by molar-refractivity contribution is -0.275. The molecule has 2 aromatic carbocycles. The Labute approximate surface area is 234 Å². The summed E-state index contributed by atoms with van der Waals surface area (Å²) in [5.41, 5.74) is -3.53. The number of esters is 1. The highest BCUT2D eigenvalue weighted by Crippen LogP contribution is 2.43. The predicted octanol–water partition coefficient (Wildman–Crippen LogP) is 3.00. The molecule has 0 radical (unpaired) electrons. The monoisotopic (exact) mass is 602 g/mol. The van der Waals surface area contributed by atoms with Crippen molar-refractivity contribution in [3.8, 4) is 23.0 Å². The van der Waals surface area contributed by atoms with E-state index in [4.69, 9.17) is 9.47 Å². The zero-order valence-corrected chi connectivity index (χ0v) is 22.0. The van der Waals surface area contributed by atoms with E-state index >= 15 is 8.78 Å². The fraction of sp³-hybridized carbons (Fsp3) is 0.174. The number of amides is 1. The molecule has 1 aromatic heterocycles. The molecule has 3 aromatic rings. The molecule has 0 bridgehead atoms. The van der Waals surface area contributed by atoms with Crippen LogP contribution in [0.4, 0.5) is 40.8 Å². The average Bonchev–Trinajstić information content (AvgIpc) is 2.85. The van der Waals surface area contributed by atoms with Gasteiger partial charge in [-0.15, -0.1) is 13.2 Å². The van der Waals surface area contributed by atoms with E-state index in [0.717, 1.165) is 31.5 Å². The number of pyridine rings is 1. The van der Waals surface area contributed by atoms with E-state index in [1.165, 1.54) is 23.5 Å². The standard InChI is InChI=1S/C23H17B3F8N2O6/c1-39-20(38)11-4-2-9(8-35-11)36-19(37)15-12(5-3-10(16(15)27)21(29,30)31)40-14-7-6-13(41-23(32,33)34)17(28)18(14)42-22(24,25)26/h2-8H,24-26H2,1H3,(H,36,37). The van der Waals surface area contributed by atoms with Crippen LogP contribution < -0.4 is 19.5 Å². The van der Waals surface area contributed by atoms with E-state index in [0.29, 0.717) is 12.1 Å². The first-order valence-electron chi connectivity index (χ1n) is 11.5. The number of hydrogen-bond donors (Lipinski definition) is 1. The van der Waals surface area contributed by atoms with Gasteiger partial charge in [0.15, 0.2) is 23.1 Å². The lowest BCUT2D eigenvalue weighted by Gasteiger charge is -2.25. The first-order valence-corrected chi connectivity index (χ1v) is 11.5. The zero-order chi connectivity index (χ0) is 31.6. The molecule has 0 aliphatic carbocycles. The molecule has 42 heavy (non-hydrogen) atoms. The summed E-state index contributed by atoms with van der Waals surface area (Å²) in [6.45, 7) is 0. The average molecular weight is 602 g/mol. The number of alkyl halides is 6. The number of nitrogens with one attached hydrogen (secondary N) is 1. The third-order valence-corrected chi connectivity index (χ3v) is 4.93. The van der Waals surface area contributed by atoms with Gasteiger partial charge in [0, 0.05) is 5.30 Å². The quantitative estimate of drug-likeness (QED) is 0.241. The maximum absolute atomic E-state index is 15.2. The number of carbonyl (C=O) groups is 2. The summed E-state index contributed by atoms with van der Waals surface area (Å²) < 4.78 is 128. The van der Waals surface area contributed by atoms with E-state index in [2.05, 4.69) is 19.8 Å². The molecule has 0 spiro atoms. The molecule has 0 atom stereocenters. The van der Waals surface area contributed by atoms with Gasteiger partial charge < -0.3 is 24.3 Å². The van der Waals surface area contributed by atoms with E-state index in [9.17, 15) is 35.9 Å². The van der Waals surface area contributed by atoms with Gasteiger partial charge in [-0.3, -0.25) is 4.79 Å². The topological polar surface area (TPSA) is 96.0 Å². The summed E-state index contributed by atoms with van der Waals surface area (Å²) in [5, 5.41) is 0.837. The number of nitrogens with zero attached hydrogens (tertiary/aromatic N) is 1. The predicted molar refractivity (Wildman–Crippen MR) is 137 cm³/mol. The second-order valence-electron chi connectivity index (χ2n) is 9.25. The van der Waals surface area contributed by atoms with Gasteiger partial charge in [0.1, 0.15) is 40.5 Å². The number of rotatable bonds is 8. The smallest absolute Gasteiger partial charge is 0.508 e. The van der Waals surface area contributed by atoms with Gasteiger partial charge in [0.25, 0.3) is 5.91 Å². The number of benzene rings is 2. The van der Waals surface area contributed by atoms with Crippen LogP contribution in [0.25, 0.3) is 0 Å². The summed E-state index contributed by atoms with van der Waals surface area (Å²) in [6, 6.07) is 4.23. The number of hydrogen-bond acceptors (Lipinski definition) is 7. The molecular weight excluding hydrogens is 585 g/mol. The Bertz CT molecular complexity index is 1500. The minimum atomic E-state index is -5.30. The molecule has 0 aliphatic heterocycles. The highest BCUT2D eigenvalue weighted by Gasteiger charge is 2.38. The minimum absolute atomic E-state index is 0.184. The third-order valence-electron chi connectivity index (χ3n) is 4.93. The highest BCUT2D eigenvalue weighted by molar-refractivity contribution is 6.58. The number of aromatic nitrogens is 1. The summed E-state index contributed by atoms with van der Waals surface area (Å²) in [4.78, 5) is 28.3. The number of methoxy groups -OCH3 is 1. The molecule has 0 aliphatic rings. The van der Waals surface area contributed by atoms with Gasteiger partial charge in [-0.2, -0.15) is 17.6 Å². The fourth-order valence-corrected chi connectivity index (χ4v) is 3.28. The van der Waals surface area contributed by atoms with E-state index < -0.39 is 75.5 Å². The van der Waals surface area contributed by atoms with Crippen LogP contribution in [0.5, 0.6) is 23.0 Å². The van der Waals surface area contributed by atoms with Crippen LogP contribution in [0.2, 0.25) is 0 Å². The Kier molecular flexibility index (Phi) is 9.03. The summed E-state index contributed by atoms with van der Waals surface area (Å²) in [6.07, 6.45) is -9.63. The molecule has 1 N–H and O–H groups in total. The number of ether oxygens (including phenoxy) is 4. The fourth-order valence-electron chi connectivity index (χ4n) is 3.28. The molecule has 3 rings (SSSR count). The van der Waals surface area contributed by atoms with Crippen molar-refractivity contribution in [1.82, 2.24) is 4.98 Å². The Morgan fingerprint density at radius 2 is 1.45 bits per heavy atom. The van der Waals surface area contributed by atoms with E-state index in [-0.39, 0.29) is 17.4 Å². The van der Waals surface area contributed by atoms with Crippen LogP contribution in [-0.4, -0.2) is 59.2 Å². The first kappa shape index (κ1) is 32.1. The summed E-state index contributed by atoms with van der Waals surface area (Å²) >= 11 is 0. The maximum Gasteiger partial charge on any atom is 0.573 e. The molecule has 8 nitrogen and oxygen atoms in total. The normalized spacial score (nSPS) is 11.9. The first-order chi connectivity index (χ1) is 19.3. The lowest BCUT2D eigenvalue weighted by atomic mass is 9.52. The Morgan fingerprint density at radius 3 is 1.98 bits per heavy atom. The van der Waals surface area contributed by atoms with Crippen molar-refractivity contribution < 1.29 is 63.7 Å². The van der Waals surface area contributed by atoms with Crippen molar-refractivity contribution in [2.75, 3.05) is 12.4 Å². The van der Waals surface area contributed by atoms with Crippen LogP contribution in [0.15, 0.2) is 42.6 Å². The van der Waals surface area contributed by atoms with Crippen molar-refractivity contribution in [1.29, 1.82) is 0 Å². The van der Waals surface area contributed by atoms with Crippen LogP contribution in [0.1, 0.15) is 26.4 Å². The molecule has 220 valence electrons. The van der Waals surface area contributed by atoms with E-state index in [1.807, 2.05) is 0 Å².